The first kappa shape index (κ1) is 10.6. The van der Waals surface area contributed by atoms with Gasteiger partial charge in [0, 0.05) is 0 Å². The standard InChI is InChI=1S/C11H15NO2S/c12-15(13,14)11(8-9-11)7-6-10-4-2-1-3-5-10/h1-5H,6-9H2,(H2,12,13,14). The van der Waals surface area contributed by atoms with E-state index in [1.165, 1.54) is 5.56 Å². The number of primary sulfonamides is 1. The number of hydrogen-bond acceptors (Lipinski definition) is 2. The minimum atomic E-state index is -3.36. The number of sulfonamides is 1. The molecule has 1 aliphatic carbocycles. The molecule has 1 saturated carbocycles. The topological polar surface area (TPSA) is 60.2 Å². The van der Waals surface area contributed by atoms with Crippen molar-refractivity contribution in [3.8, 4) is 0 Å². The minimum Gasteiger partial charge on any atom is -0.228 e. The SMILES string of the molecule is NS(=O)(=O)C1(CCc2ccccc2)CC1. The van der Waals surface area contributed by atoms with Gasteiger partial charge in [-0.2, -0.15) is 0 Å². The molecule has 1 aliphatic rings. The van der Waals surface area contributed by atoms with E-state index >= 15 is 0 Å². The van der Waals surface area contributed by atoms with Crippen LogP contribution in [-0.2, 0) is 16.4 Å². The lowest BCUT2D eigenvalue weighted by atomic mass is 10.1. The fourth-order valence-electron chi connectivity index (χ4n) is 1.83. The number of nitrogens with two attached hydrogens (primary N) is 1. The molecule has 1 aromatic carbocycles. The maximum absolute atomic E-state index is 11.3. The fraction of sp³-hybridized carbons (Fsp3) is 0.455. The summed E-state index contributed by atoms with van der Waals surface area (Å²) in [6.45, 7) is 0. The van der Waals surface area contributed by atoms with Crippen LogP contribution in [-0.4, -0.2) is 13.2 Å². The van der Waals surface area contributed by atoms with Crippen molar-refractivity contribution >= 4 is 10.0 Å². The minimum absolute atomic E-state index is 0.608. The Morgan fingerprint density at radius 1 is 1.20 bits per heavy atom. The third kappa shape index (κ3) is 2.21. The van der Waals surface area contributed by atoms with Crippen molar-refractivity contribution in [2.24, 2.45) is 5.14 Å². The van der Waals surface area contributed by atoms with Crippen LogP contribution in [0.2, 0.25) is 0 Å². The first-order chi connectivity index (χ1) is 7.04. The molecule has 0 spiro atoms. The molecule has 4 heteroatoms. The molecule has 0 heterocycles. The molecule has 0 amide bonds. The quantitative estimate of drug-likeness (QED) is 0.843. The maximum atomic E-state index is 11.3. The monoisotopic (exact) mass is 225 g/mol. The molecule has 82 valence electrons. The molecule has 2 rings (SSSR count). The van der Waals surface area contributed by atoms with Crippen LogP contribution in [0.15, 0.2) is 30.3 Å². The van der Waals surface area contributed by atoms with Gasteiger partial charge in [0.1, 0.15) is 0 Å². The van der Waals surface area contributed by atoms with Crippen molar-refractivity contribution in [1.29, 1.82) is 0 Å². The van der Waals surface area contributed by atoms with Crippen molar-refractivity contribution in [3.05, 3.63) is 35.9 Å². The lowest BCUT2D eigenvalue weighted by Crippen LogP contribution is -2.30. The van der Waals surface area contributed by atoms with E-state index in [0.717, 1.165) is 19.3 Å². The second-order valence-electron chi connectivity index (χ2n) is 4.21. The largest absolute Gasteiger partial charge is 0.228 e. The van der Waals surface area contributed by atoms with E-state index < -0.39 is 14.8 Å². The van der Waals surface area contributed by atoms with Gasteiger partial charge in [-0.3, -0.25) is 0 Å². The molecule has 15 heavy (non-hydrogen) atoms. The summed E-state index contributed by atoms with van der Waals surface area (Å²) in [5.74, 6) is 0. The van der Waals surface area contributed by atoms with Gasteiger partial charge in [-0.25, -0.2) is 13.6 Å². The predicted molar refractivity (Wildman–Crippen MR) is 59.8 cm³/mol. The van der Waals surface area contributed by atoms with Crippen LogP contribution in [0.4, 0.5) is 0 Å². The molecule has 0 aliphatic heterocycles. The normalized spacial score (nSPS) is 18.7. The highest BCUT2D eigenvalue weighted by molar-refractivity contribution is 7.90. The summed E-state index contributed by atoms with van der Waals surface area (Å²) in [4.78, 5) is 0. The van der Waals surface area contributed by atoms with E-state index in [2.05, 4.69) is 0 Å². The smallest absolute Gasteiger partial charge is 0.214 e. The van der Waals surface area contributed by atoms with Crippen LogP contribution >= 0.6 is 0 Å². The number of hydrogen-bond donors (Lipinski definition) is 1. The Balaban J connectivity index is 2.01. The highest BCUT2D eigenvalue weighted by Gasteiger charge is 2.52. The van der Waals surface area contributed by atoms with Gasteiger partial charge in [-0.05, 0) is 31.2 Å². The Kier molecular flexibility index (Phi) is 2.56. The molecule has 0 aromatic heterocycles. The van der Waals surface area contributed by atoms with Gasteiger partial charge in [0.15, 0.2) is 0 Å². The molecule has 0 unspecified atom stereocenters. The summed E-state index contributed by atoms with van der Waals surface area (Å²) in [6, 6.07) is 9.91. The lowest BCUT2D eigenvalue weighted by molar-refractivity contribution is 0.569. The van der Waals surface area contributed by atoms with Gasteiger partial charge in [-0.15, -0.1) is 0 Å². The second-order valence-corrected chi connectivity index (χ2v) is 6.17. The van der Waals surface area contributed by atoms with Gasteiger partial charge >= 0.3 is 0 Å². The number of rotatable bonds is 4. The zero-order valence-electron chi connectivity index (χ0n) is 8.52. The van der Waals surface area contributed by atoms with Crippen molar-refractivity contribution < 1.29 is 8.42 Å². The molecular formula is C11H15NO2S. The first-order valence-electron chi connectivity index (χ1n) is 5.10. The Morgan fingerprint density at radius 2 is 1.80 bits per heavy atom. The average molecular weight is 225 g/mol. The molecule has 3 nitrogen and oxygen atoms in total. The summed E-state index contributed by atoms with van der Waals surface area (Å²) in [7, 11) is -3.36. The molecule has 1 aromatic rings. The van der Waals surface area contributed by atoms with Crippen molar-refractivity contribution in [1.82, 2.24) is 0 Å². The highest BCUT2D eigenvalue weighted by Crippen LogP contribution is 2.45. The number of benzene rings is 1. The molecule has 0 radical (unpaired) electrons. The summed E-state index contributed by atoms with van der Waals surface area (Å²) < 4.78 is 22.0. The van der Waals surface area contributed by atoms with E-state index in [0.29, 0.717) is 6.42 Å². The molecule has 2 N–H and O–H groups in total. The van der Waals surface area contributed by atoms with Crippen molar-refractivity contribution in [2.75, 3.05) is 0 Å². The molecule has 1 fully saturated rings. The summed E-state index contributed by atoms with van der Waals surface area (Å²) in [5.41, 5.74) is 1.17. The summed E-state index contributed by atoms with van der Waals surface area (Å²) >= 11 is 0. The Bertz CT molecular complexity index is 435. The van der Waals surface area contributed by atoms with Gasteiger partial charge in [0.25, 0.3) is 0 Å². The Morgan fingerprint density at radius 3 is 2.27 bits per heavy atom. The Hall–Kier alpha value is -0.870. The van der Waals surface area contributed by atoms with E-state index in [1.54, 1.807) is 0 Å². The van der Waals surface area contributed by atoms with Gasteiger partial charge in [-0.1, -0.05) is 30.3 Å². The molecule has 0 bridgehead atoms. The van der Waals surface area contributed by atoms with Crippen LogP contribution in [0.5, 0.6) is 0 Å². The lowest BCUT2D eigenvalue weighted by Gasteiger charge is -2.11. The Labute approximate surface area is 90.4 Å². The van der Waals surface area contributed by atoms with Crippen LogP contribution in [0.3, 0.4) is 0 Å². The van der Waals surface area contributed by atoms with Crippen LogP contribution in [0, 0.1) is 0 Å². The summed E-state index contributed by atoms with van der Waals surface area (Å²) in [6.07, 6.45) is 2.88. The molecular weight excluding hydrogens is 210 g/mol. The van der Waals surface area contributed by atoms with E-state index in [-0.39, 0.29) is 0 Å². The fourth-order valence-corrected chi connectivity index (χ4v) is 2.89. The zero-order valence-corrected chi connectivity index (χ0v) is 9.33. The van der Waals surface area contributed by atoms with Gasteiger partial charge in [0.05, 0.1) is 4.75 Å². The van der Waals surface area contributed by atoms with Crippen LogP contribution in [0.25, 0.3) is 0 Å². The van der Waals surface area contributed by atoms with E-state index in [1.807, 2.05) is 30.3 Å². The third-order valence-electron chi connectivity index (χ3n) is 3.12. The molecule has 0 saturated heterocycles. The molecule has 0 atom stereocenters. The average Bonchev–Trinajstić information content (AvgIpc) is 2.96. The highest BCUT2D eigenvalue weighted by atomic mass is 32.2. The third-order valence-corrected chi connectivity index (χ3v) is 4.94. The van der Waals surface area contributed by atoms with E-state index in [9.17, 15) is 8.42 Å². The van der Waals surface area contributed by atoms with Crippen molar-refractivity contribution in [3.63, 3.8) is 0 Å². The second kappa shape index (κ2) is 3.61. The summed E-state index contributed by atoms with van der Waals surface area (Å²) in [5, 5.41) is 5.21. The zero-order chi connectivity index (χ0) is 10.9. The van der Waals surface area contributed by atoms with Gasteiger partial charge in [0.2, 0.25) is 10.0 Å². The van der Waals surface area contributed by atoms with Crippen LogP contribution < -0.4 is 5.14 Å². The van der Waals surface area contributed by atoms with E-state index in [4.69, 9.17) is 5.14 Å². The number of aryl methyl sites for hydroxylation is 1. The first-order valence-corrected chi connectivity index (χ1v) is 6.64. The maximum Gasteiger partial charge on any atom is 0.214 e. The van der Waals surface area contributed by atoms with Crippen LogP contribution in [0.1, 0.15) is 24.8 Å². The van der Waals surface area contributed by atoms with Gasteiger partial charge < -0.3 is 0 Å². The van der Waals surface area contributed by atoms with Crippen molar-refractivity contribution in [2.45, 2.75) is 30.4 Å². The predicted octanol–water partition coefficient (Wildman–Crippen LogP) is 1.44.